The van der Waals surface area contributed by atoms with Crippen molar-refractivity contribution in [2.75, 3.05) is 47.8 Å². The van der Waals surface area contributed by atoms with Gasteiger partial charge in [-0.25, -0.2) is 9.18 Å². The average Bonchev–Trinajstić information content (AvgIpc) is 3.56. The lowest BCUT2D eigenvalue weighted by Crippen LogP contribution is -2.55. The molecule has 2 aliphatic carbocycles. The highest BCUT2D eigenvalue weighted by Gasteiger charge is 2.56. The number of rotatable bonds is 7. The van der Waals surface area contributed by atoms with Crippen LogP contribution in [0, 0.1) is 17.2 Å². The predicted octanol–water partition coefficient (Wildman–Crippen LogP) is 4.16. The third kappa shape index (κ3) is 4.43. The van der Waals surface area contributed by atoms with E-state index in [1.165, 1.54) is 18.9 Å². The molecule has 0 radical (unpaired) electrons. The molecule has 3 amide bonds. The van der Waals surface area contributed by atoms with Crippen molar-refractivity contribution in [1.29, 1.82) is 0 Å². The molecule has 3 fully saturated rings. The Morgan fingerprint density at radius 1 is 1.12 bits per heavy atom. The number of benzene rings is 1. The SMILES string of the molecule is CN(C)C(=O)C(C)(C)CN1C[C@]2(CC[C@](c3cccc(F)c3)(N(C)C)CC2)N(CC2CC2)C1=O. The zero-order valence-electron chi connectivity index (χ0n) is 21.7. The highest BCUT2D eigenvalue weighted by molar-refractivity contribution is 5.84. The van der Waals surface area contributed by atoms with E-state index in [4.69, 9.17) is 0 Å². The van der Waals surface area contributed by atoms with E-state index >= 15 is 0 Å². The van der Waals surface area contributed by atoms with E-state index in [-0.39, 0.29) is 28.8 Å². The highest BCUT2D eigenvalue weighted by Crippen LogP contribution is 2.50. The second-order valence-corrected chi connectivity index (χ2v) is 11.9. The van der Waals surface area contributed by atoms with Crippen LogP contribution in [-0.2, 0) is 10.3 Å². The second-order valence-electron chi connectivity index (χ2n) is 11.9. The molecule has 7 heteroatoms. The topological polar surface area (TPSA) is 47.1 Å². The summed E-state index contributed by atoms with van der Waals surface area (Å²) in [5.41, 5.74) is -0.0848. The minimum Gasteiger partial charge on any atom is -0.348 e. The van der Waals surface area contributed by atoms with Crippen molar-refractivity contribution in [3.8, 4) is 0 Å². The van der Waals surface area contributed by atoms with Gasteiger partial charge in [0, 0.05) is 39.3 Å². The molecule has 0 bridgehead atoms. The van der Waals surface area contributed by atoms with Gasteiger partial charge in [0.2, 0.25) is 5.91 Å². The fourth-order valence-corrected chi connectivity index (χ4v) is 6.31. The Balaban J connectivity index is 1.59. The van der Waals surface area contributed by atoms with E-state index in [1.54, 1.807) is 31.1 Å². The van der Waals surface area contributed by atoms with Gasteiger partial charge >= 0.3 is 6.03 Å². The van der Waals surface area contributed by atoms with Gasteiger partial charge in [-0.1, -0.05) is 12.1 Å². The molecule has 34 heavy (non-hydrogen) atoms. The van der Waals surface area contributed by atoms with Gasteiger partial charge in [0.25, 0.3) is 0 Å². The first-order valence-electron chi connectivity index (χ1n) is 12.6. The molecule has 3 aliphatic rings. The molecule has 1 spiro atoms. The Morgan fingerprint density at radius 2 is 1.76 bits per heavy atom. The van der Waals surface area contributed by atoms with Gasteiger partial charge in [0.1, 0.15) is 5.82 Å². The lowest BCUT2D eigenvalue weighted by Gasteiger charge is -2.51. The first kappa shape index (κ1) is 25.0. The van der Waals surface area contributed by atoms with Crippen molar-refractivity contribution in [3.05, 3.63) is 35.6 Å². The Kier molecular flexibility index (Phi) is 6.47. The van der Waals surface area contributed by atoms with E-state index in [9.17, 15) is 14.0 Å². The standard InChI is InChI=1S/C27H41FN4O2/c1-25(2,23(33)29(3)4)18-31-19-26(32(24(31)34)17-20-10-11-20)12-14-27(15-13-26,30(5)6)21-8-7-9-22(28)16-21/h7-9,16,20H,10-15,17-19H2,1-6H3/t26-,27+. The second kappa shape index (κ2) is 8.81. The molecule has 1 saturated heterocycles. The van der Waals surface area contributed by atoms with E-state index in [2.05, 4.69) is 23.9 Å². The molecule has 0 aromatic heterocycles. The van der Waals surface area contributed by atoms with Gasteiger partial charge in [-0.3, -0.25) is 9.69 Å². The molecule has 0 atom stereocenters. The molecule has 1 heterocycles. The molecule has 1 aromatic carbocycles. The van der Waals surface area contributed by atoms with Crippen LogP contribution in [0.3, 0.4) is 0 Å². The summed E-state index contributed by atoms with van der Waals surface area (Å²) in [4.78, 5) is 34.4. The summed E-state index contributed by atoms with van der Waals surface area (Å²) in [7, 11) is 7.69. The van der Waals surface area contributed by atoms with Crippen LogP contribution in [0.2, 0.25) is 0 Å². The molecule has 1 aromatic rings. The van der Waals surface area contributed by atoms with E-state index in [0.29, 0.717) is 19.0 Å². The van der Waals surface area contributed by atoms with Crippen LogP contribution in [0.5, 0.6) is 0 Å². The molecular formula is C27H41FN4O2. The molecule has 4 rings (SSSR count). The van der Waals surface area contributed by atoms with Crippen molar-refractivity contribution in [2.45, 2.75) is 63.5 Å². The number of amides is 3. The average molecular weight is 473 g/mol. The maximum atomic E-state index is 14.1. The minimum atomic E-state index is -0.639. The summed E-state index contributed by atoms with van der Waals surface area (Å²) < 4.78 is 14.1. The maximum absolute atomic E-state index is 14.1. The molecular weight excluding hydrogens is 431 g/mol. The van der Waals surface area contributed by atoms with E-state index < -0.39 is 5.41 Å². The summed E-state index contributed by atoms with van der Waals surface area (Å²) in [6, 6.07) is 7.07. The van der Waals surface area contributed by atoms with Crippen LogP contribution >= 0.6 is 0 Å². The summed E-state index contributed by atoms with van der Waals surface area (Å²) in [5, 5.41) is 0. The van der Waals surface area contributed by atoms with Crippen LogP contribution in [-0.4, -0.2) is 84.9 Å². The van der Waals surface area contributed by atoms with Crippen LogP contribution in [0.1, 0.15) is 57.9 Å². The quantitative estimate of drug-likeness (QED) is 0.599. The van der Waals surface area contributed by atoms with Crippen LogP contribution < -0.4 is 0 Å². The van der Waals surface area contributed by atoms with E-state index in [0.717, 1.165) is 37.8 Å². The number of hydrogen-bond donors (Lipinski definition) is 0. The first-order chi connectivity index (χ1) is 15.9. The number of carbonyl (C=O) groups is 2. The Hall–Kier alpha value is -2.15. The van der Waals surface area contributed by atoms with Crippen molar-refractivity contribution in [1.82, 2.24) is 19.6 Å². The molecule has 6 nitrogen and oxygen atoms in total. The van der Waals surface area contributed by atoms with Crippen molar-refractivity contribution >= 4 is 11.9 Å². The normalized spacial score (nSPS) is 27.7. The van der Waals surface area contributed by atoms with Gasteiger partial charge < -0.3 is 14.7 Å². The Labute approximate surface area is 204 Å². The van der Waals surface area contributed by atoms with Gasteiger partial charge in [-0.05, 0) is 90.1 Å². The third-order valence-electron chi connectivity index (χ3n) is 8.49. The molecule has 0 N–H and O–H groups in total. The van der Waals surface area contributed by atoms with Crippen LogP contribution in [0.4, 0.5) is 9.18 Å². The number of carbonyl (C=O) groups excluding carboxylic acids is 2. The lowest BCUT2D eigenvalue weighted by molar-refractivity contribution is -0.138. The van der Waals surface area contributed by atoms with Crippen molar-refractivity contribution in [2.24, 2.45) is 11.3 Å². The van der Waals surface area contributed by atoms with Crippen LogP contribution in [0.15, 0.2) is 24.3 Å². The zero-order chi connectivity index (χ0) is 24.9. The third-order valence-corrected chi connectivity index (χ3v) is 8.49. The number of hydrogen-bond acceptors (Lipinski definition) is 3. The first-order valence-corrected chi connectivity index (χ1v) is 12.6. The fraction of sp³-hybridized carbons (Fsp3) is 0.704. The van der Waals surface area contributed by atoms with Crippen molar-refractivity contribution < 1.29 is 14.0 Å². The van der Waals surface area contributed by atoms with E-state index in [1.807, 2.05) is 24.8 Å². The number of halogens is 1. The van der Waals surface area contributed by atoms with Gasteiger partial charge in [-0.2, -0.15) is 0 Å². The number of urea groups is 1. The van der Waals surface area contributed by atoms with Gasteiger partial charge in [-0.15, -0.1) is 0 Å². The smallest absolute Gasteiger partial charge is 0.320 e. The fourth-order valence-electron chi connectivity index (χ4n) is 6.31. The Bertz CT molecular complexity index is 932. The Morgan fingerprint density at radius 3 is 2.29 bits per heavy atom. The number of nitrogens with zero attached hydrogens (tertiary/aromatic N) is 4. The molecule has 1 aliphatic heterocycles. The summed E-state index contributed by atoms with van der Waals surface area (Å²) in [6.07, 6.45) is 5.86. The predicted molar refractivity (Wildman–Crippen MR) is 132 cm³/mol. The monoisotopic (exact) mass is 472 g/mol. The highest BCUT2D eigenvalue weighted by atomic mass is 19.1. The lowest BCUT2D eigenvalue weighted by atomic mass is 9.68. The van der Waals surface area contributed by atoms with Gasteiger partial charge in [0.05, 0.1) is 11.0 Å². The van der Waals surface area contributed by atoms with Crippen LogP contribution in [0.25, 0.3) is 0 Å². The van der Waals surface area contributed by atoms with Crippen molar-refractivity contribution in [3.63, 3.8) is 0 Å². The molecule has 2 saturated carbocycles. The molecule has 188 valence electrons. The zero-order valence-corrected chi connectivity index (χ0v) is 21.7. The largest absolute Gasteiger partial charge is 0.348 e. The summed E-state index contributed by atoms with van der Waals surface area (Å²) in [6.45, 7) is 5.76. The minimum absolute atomic E-state index is 0.0383. The summed E-state index contributed by atoms with van der Waals surface area (Å²) in [5.74, 6) is 0.432. The maximum Gasteiger partial charge on any atom is 0.320 e. The summed E-state index contributed by atoms with van der Waals surface area (Å²) >= 11 is 0. The van der Waals surface area contributed by atoms with Gasteiger partial charge in [0.15, 0.2) is 0 Å². The molecule has 0 unspecified atom stereocenters.